The normalized spacial score (nSPS) is 19.3. The Morgan fingerprint density at radius 1 is 0.630 bits per heavy atom. The molecule has 2 aliphatic carbocycles. The molecule has 0 bridgehead atoms. The molecule has 5 heteroatoms. The summed E-state index contributed by atoms with van der Waals surface area (Å²) < 4.78 is 0. The Labute approximate surface area is 199 Å². The van der Waals surface area contributed by atoms with E-state index in [4.69, 9.17) is 0 Å². The van der Waals surface area contributed by atoms with Crippen molar-refractivity contribution in [3.05, 3.63) is 70.4 Å². The molecule has 142 valence electrons. The van der Waals surface area contributed by atoms with Crippen LogP contribution in [-0.2, 0) is 26.2 Å². The van der Waals surface area contributed by atoms with Gasteiger partial charge in [0.15, 0.2) is 0 Å². The first-order valence-corrected chi connectivity index (χ1v) is 10.3. The number of allylic oxidation sites excluding steroid dienone is 12. The van der Waals surface area contributed by atoms with Gasteiger partial charge in [0, 0.05) is 10.6 Å². The average Bonchev–Trinajstić information content (AvgIpc) is 3.16. The Bertz CT molecular complexity index is 751. The molecule has 0 atom stereocenters. The molecule has 0 spiro atoms. The van der Waals surface area contributed by atoms with Crippen molar-refractivity contribution < 1.29 is 51.0 Å². The summed E-state index contributed by atoms with van der Waals surface area (Å²) in [6, 6.07) is 0. The van der Waals surface area contributed by atoms with Gasteiger partial charge < -0.3 is 24.8 Å². The number of halogens is 2. The van der Waals surface area contributed by atoms with Crippen molar-refractivity contribution in [3.63, 3.8) is 0 Å². The molecule has 0 aromatic carbocycles. The van der Waals surface area contributed by atoms with Crippen LogP contribution in [0.4, 0.5) is 0 Å². The molecule has 2 aliphatic heterocycles. The van der Waals surface area contributed by atoms with Crippen LogP contribution >= 0.6 is 16.4 Å². The van der Waals surface area contributed by atoms with Crippen LogP contribution in [0.5, 0.6) is 0 Å². The fourth-order valence-corrected chi connectivity index (χ4v) is 5.14. The minimum Gasteiger partial charge on any atom is -1.00 e. The van der Waals surface area contributed by atoms with E-state index in [0.29, 0.717) is 10.8 Å². The summed E-state index contributed by atoms with van der Waals surface area (Å²) in [6.45, 7) is 13.7. The fourth-order valence-electron chi connectivity index (χ4n) is 2.68. The smallest absolute Gasteiger partial charge is 1.00 e. The summed E-state index contributed by atoms with van der Waals surface area (Å²) in [4.78, 5) is 0. The molecule has 4 rings (SSSR count). The Morgan fingerprint density at radius 3 is 1.22 bits per heavy atom. The van der Waals surface area contributed by atoms with E-state index in [9.17, 15) is 0 Å². The summed E-state index contributed by atoms with van der Waals surface area (Å²) in [7, 11) is 2.82. The molecule has 0 aromatic rings. The van der Waals surface area contributed by atoms with Crippen LogP contribution in [0.1, 0.15) is 41.5 Å². The van der Waals surface area contributed by atoms with Crippen molar-refractivity contribution in [2.24, 2.45) is 10.8 Å². The Hall–Kier alpha value is 0.243. The van der Waals surface area contributed by atoms with Crippen molar-refractivity contribution in [3.8, 4) is 0 Å². The molecule has 0 amide bonds. The Balaban J connectivity index is 0.000000451. The molecule has 0 saturated carbocycles. The van der Waals surface area contributed by atoms with E-state index in [0.717, 1.165) is 0 Å². The van der Waals surface area contributed by atoms with Gasteiger partial charge in [-0.15, -0.1) is 0 Å². The van der Waals surface area contributed by atoms with Crippen molar-refractivity contribution in [2.45, 2.75) is 41.5 Å². The predicted octanol–water partition coefficient (Wildman–Crippen LogP) is 1.10. The third kappa shape index (κ3) is 6.63. The van der Waals surface area contributed by atoms with E-state index in [-0.39, 0.29) is 51.0 Å². The summed E-state index contributed by atoms with van der Waals surface area (Å²) in [5, 5.41) is 6.01. The Kier molecular flexibility index (Phi) is 10.4. The monoisotopic (exact) mass is 512 g/mol. The summed E-state index contributed by atoms with van der Waals surface area (Å²) in [6.07, 6.45) is 17.7. The van der Waals surface area contributed by atoms with Gasteiger partial charge in [0.25, 0.3) is 0 Å². The molecule has 0 fully saturated rings. The Morgan fingerprint density at radius 2 is 0.963 bits per heavy atom. The zero-order valence-corrected chi connectivity index (χ0v) is 22.5. The molecule has 4 aliphatic rings. The third-order valence-electron chi connectivity index (χ3n) is 4.25. The molecule has 0 nitrogen and oxygen atoms in total. The first-order valence-electron chi connectivity index (χ1n) is 8.54. The second-order valence-corrected chi connectivity index (χ2v) is 10.9. The maximum Gasteiger partial charge on any atom is 2.00 e. The van der Waals surface area contributed by atoms with Crippen LogP contribution in [0, 0.1) is 10.8 Å². The van der Waals surface area contributed by atoms with E-state index >= 15 is 0 Å². The predicted molar refractivity (Wildman–Crippen MR) is 113 cm³/mol. The molecule has 0 radical (unpaired) electrons. The minimum atomic E-state index is 0. The van der Waals surface area contributed by atoms with Crippen molar-refractivity contribution in [1.29, 1.82) is 0 Å². The van der Waals surface area contributed by atoms with Gasteiger partial charge in [0.1, 0.15) is 0 Å². The van der Waals surface area contributed by atoms with Gasteiger partial charge in [0.2, 0.25) is 0 Å². The topological polar surface area (TPSA) is 0 Å². The largest absolute Gasteiger partial charge is 2.00 e. The number of rotatable bonds is 0. The van der Waals surface area contributed by atoms with Crippen LogP contribution in [0.3, 0.4) is 0 Å². The van der Waals surface area contributed by atoms with Crippen LogP contribution in [0.2, 0.25) is 0 Å². The van der Waals surface area contributed by atoms with Crippen molar-refractivity contribution >= 4 is 27.0 Å². The fraction of sp³-hybridized carbons (Fsp3) is 0.364. The molecule has 0 unspecified atom stereocenters. The van der Waals surface area contributed by atoms with E-state index in [1.165, 1.54) is 48.8 Å². The van der Waals surface area contributed by atoms with E-state index in [1.807, 2.05) is 0 Å². The molecular weight excluding hydrogens is 488 g/mol. The SMILES string of the molecule is CC(C)(C)C1=PC2=CC=CC2=C1.CC(C)(C)C1=PC2=CC=CC2=C1.[Cl-].[Cl-].[Zr+2]. The van der Waals surface area contributed by atoms with Gasteiger partial charge in [-0.25, -0.2) is 0 Å². The zero-order valence-electron chi connectivity index (χ0n) is 16.8. The van der Waals surface area contributed by atoms with Crippen molar-refractivity contribution in [2.75, 3.05) is 0 Å². The first-order chi connectivity index (χ1) is 11.1. The molecule has 0 aromatic heterocycles. The quantitative estimate of drug-likeness (QED) is 0.425. The van der Waals surface area contributed by atoms with Crippen LogP contribution < -0.4 is 24.8 Å². The van der Waals surface area contributed by atoms with Gasteiger partial charge in [-0.05, 0) is 56.9 Å². The van der Waals surface area contributed by atoms with Gasteiger partial charge >= 0.3 is 26.2 Å². The van der Waals surface area contributed by atoms with E-state index < -0.39 is 0 Å². The summed E-state index contributed by atoms with van der Waals surface area (Å²) in [5.41, 5.74) is 3.49. The molecule has 2 heterocycles. The van der Waals surface area contributed by atoms with Crippen LogP contribution in [-0.4, -0.2) is 10.6 Å². The minimum absolute atomic E-state index is 0. The van der Waals surface area contributed by atoms with Gasteiger partial charge in [-0.3, -0.25) is 0 Å². The maximum atomic E-state index is 2.33. The molecule has 0 N–H and O–H groups in total. The second-order valence-electron chi connectivity index (χ2n) is 8.52. The molecule has 27 heavy (non-hydrogen) atoms. The maximum absolute atomic E-state index is 2.33. The molecular formula is C22H26Cl2P2Zr. The summed E-state index contributed by atoms with van der Waals surface area (Å²) >= 11 is 0. The second kappa shape index (κ2) is 10.3. The standard InChI is InChI=1S/2C11H13P.2ClH.Zr/c2*1-11(2,3)10-7-8-5-4-6-9(8)12-10;;;/h2*4-7H,1-3H3;2*1H;/q;;;;+2/p-2. The average molecular weight is 515 g/mol. The van der Waals surface area contributed by atoms with Crippen molar-refractivity contribution in [1.82, 2.24) is 0 Å². The summed E-state index contributed by atoms with van der Waals surface area (Å²) in [5.74, 6) is 0. The third-order valence-corrected chi connectivity index (χ3v) is 7.63. The molecule has 0 saturated heterocycles. The number of hydrogen-bond acceptors (Lipinski definition) is 0. The van der Waals surface area contributed by atoms with Gasteiger partial charge in [-0.2, -0.15) is 0 Å². The van der Waals surface area contributed by atoms with Gasteiger partial charge in [-0.1, -0.05) is 82.3 Å². The number of hydrogen-bond donors (Lipinski definition) is 0. The van der Waals surface area contributed by atoms with Crippen LogP contribution in [0.15, 0.2) is 70.4 Å². The van der Waals surface area contributed by atoms with E-state index in [2.05, 4.69) is 90.2 Å². The zero-order chi connectivity index (χ0) is 17.5. The van der Waals surface area contributed by atoms with Crippen LogP contribution in [0.25, 0.3) is 0 Å². The van der Waals surface area contributed by atoms with E-state index in [1.54, 1.807) is 0 Å². The number of fused-ring (bicyclic) bond motifs is 2. The first kappa shape index (κ1) is 27.2. The van der Waals surface area contributed by atoms with Gasteiger partial charge in [0.05, 0.1) is 0 Å².